The summed E-state index contributed by atoms with van der Waals surface area (Å²) in [4.78, 5) is 10.9. The van der Waals surface area contributed by atoms with Gasteiger partial charge in [0.15, 0.2) is 0 Å². The lowest BCUT2D eigenvalue weighted by Gasteiger charge is -2.34. The van der Waals surface area contributed by atoms with Crippen molar-refractivity contribution in [2.45, 2.75) is 30.8 Å². The molecule has 1 aliphatic carbocycles. The van der Waals surface area contributed by atoms with Gasteiger partial charge >= 0.3 is 12.1 Å². The van der Waals surface area contributed by atoms with Crippen LogP contribution in [0.4, 0.5) is 13.2 Å². The minimum atomic E-state index is -4.58. The van der Waals surface area contributed by atoms with Crippen molar-refractivity contribution in [1.29, 1.82) is 0 Å². The molecule has 1 aliphatic rings. The van der Waals surface area contributed by atoms with Crippen LogP contribution in [-0.4, -0.2) is 32.2 Å². The molecule has 0 radical (unpaired) electrons. The van der Waals surface area contributed by atoms with E-state index in [0.29, 0.717) is 11.1 Å². The zero-order valence-electron chi connectivity index (χ0n) is 17.2. The van der Waals surface area contributed by atoms with Crippen LogP contribution in [0.25, 0.3) is 5.57 Å². The summed E-state index contributed by atoms with van der Waals surface area (Å²) in [6, 6.07) is 12.6. The third-order valence-electron chi connectivity index (χ3n) is 5.55. The standard InChI is InChI=1S/C23H22F3NO4S/c1-16-7-8-19(15-20(16)21(28)29)32(30,31)27-14-13-22(23(24,25)26)11-9-18(10-12-22)17-5-3-2-4-6-17/h2-11,15,27H,12-14H2,1H3,(H,28,29). The highest BCUT2D eigenvalue weighted by Crippen LogP contribution is 2.48. The van der Waals surface area contributed by atoms with E-state index < -0.39 is 40.5 Å². The molecule has 0 bridgehead atoms. The molecule has 2 aromatic carbocycles. The second kappa shape index (κ2) is 8.91. The van der Waals surface area contributed by atoms with Crippen molar-refractivity contribution in [3.8, 4) is 0 Å². The third-order valence-corrected chi connectivity index (χ3v) is 7.01. The Kier molecular flexibility index (Phi) is 6.61. The molecule has 3 rings (SSSR count). The lowest BCUT2D eigenvalue weighted by atomic mass is 9.76. The second-order valence-corrected chi connectivity index (χ2v) is 9.41. The summed E-state index contributed by atoms with van der Waals surface area (Å²) < 4.78 is 69.0. The smallest absolute Gasteiger partial charge is 0.398 e. The molecule has 0 amide bonds. The number of hydrogen-bond donors (Lipinski definition) is 2. The van der Waals surface area contributed by atoms with E-state index in [9.17, 15) is 31.5 Å². The minimum absolute atomic E-state index is 0.187. The molecule has 1 unspecified atom stereocenters. The summed E-state index contributed by atoms with van der Waals surface area (Å²) in [7, 11) is -4.18. The van der Waals surface area contributed by atoms with Crippen LogP contribution in [0.2, 0.25) is 0 Å². The van der Waals surface area contributed by atoms with E-state index in [1.54, 1.807) is 24.3 Å². The number of aromatic carboxylic acids is 1. The predicted molar refractivity (Wildman–Crippen MR) is 115 cm³/mol. The fourth-order valence-corrected chi connectivity index (χ4v) is 4.61. The van der Waals surface area contributed by atoms with Gasteiger partial charge in [0.1, 0.15) is 0 Å². The van der Waals surface area contributed by atoms with Gasteiger partial charge < -0.3 is 5.11 Å². The molecule has 0 fully saturated rings. The summed E-state index contributed by atoms with van der Waals surface area (Å²) in [5.74, 6) is -1.29. The van der Waals surface area contributed by atoms with Gasteiger partial charge in [-0.25, -0.2) is 17.9 Å². The molecule has 0 aromatic heterocycles. The monoisotopic (exact) mass is 465 g/mol. The number of carboxylic acid groups (broad SMARTS) is 1. The van der Waals surface area contributed by atoms with E-state index in [1.807, 2.05) is 6.07 Å². The average Bonchev–Trinajstić information content (AvgIpc) is 2.74. The van der Waals surface area contributed by atoms with E-state index >= 15 is 0 Å². The van der Waals surface area contributed by atoms with Crippen LogP contribution >= 0.6 is 0 Å². The van der Waals surface area contributed by atoms with Crippen molar-refractivity contribution < 1.29 is 31.5 Å². The third kappa shape index (κ3) is 4.94. The maximum atomic E-state index is 13.9. The molecular weight excluding hydrogens is 443 g/mol. The number of sulfonamides is 1. The minimum Gasteiger partial charge on any atom is -0.478 e. The largest absolute Gasteiger partial charge is 0.478 e. The molecule has 0 spiro atoms. The second-order valence-electron chi connectivity index (χ2n) is 7.65. The molecule has 170 valence electrons. The Labute approximate surface area is 184 Å². The van der Waals surface area contributed by atoms with Crippen LogP contribution in [0.15, 0.2) is 71.7 Å². The highest BCUT2D eigenvalue weighted by atomic mass is 32.2. The topological polar surface area (TPSA) is 83.5 Å². The summed E-state index contributed by atoms with van der Waals surface area (Å²) in [5, 5.41) is 9.18. The van der Waals surface area contributed by atoms with Gasteiger partial charge in [0, 0.05) is 6.54 Å². The first kappa shape index (κ1) is 23.7. The van der Waals surface area contributed by atoms with Gasteiger partial charge in [0.05, 0.1) is 15.9 Å². The lowest BCUT2D eigenvalue weighted by molar-refractivity contribution is -0.206. The number of allylic oxidation sites excluding steroid dienone is 4. The Bertz CT molecular complexity index is 1170. The Morgan fingerprint density at radius 1 is 1.16 bits per heavy atom. The lowest BCUT2D eigenvalue weighted by Crippen LogP contribution is -2.40. The van der Waals surface area contributed by atoms with E-state index in [1.165, 1.54) is 31.2 Å². The summed E-state index contributed by atoms with van der Waals surface area (Å²) in [6.45, 7) is 1.06. The van der Waals surface area contributed by atoms with E-state index in [0.717, 1.165) is 17.7 Å². The van der Waals surface area contributed by atoms with Crippen LogP contribution in [-0.2, 0) is 10.0 Å². The maximum absolute atomic E-state index is 13.9. The van der Waals surface area contributed by atoms with Gasteiger partial charge in [0.25, 0.3) is 0 Å². The number of alkyl halides is 3. The van der Waals surface area contributed by atoms with Crippen molar-refractivity contribution in [2.75, 3.05) is 6.54 Å². The molecule has 0 heterocycles. The number of aryl methyl sites for hydroxylation is 1. The van der Waals surface area contributed by atoms with Gasteiger partial charge in [-0.1, -0.05) is 54.6 Å². The summed E-state index contributed by atoms with van der Waals surface area (Å²) in [5.41, 5.74) is -0.539. The van der Waals surface area contributed by atoms with Gasteiger partial charge in [-0.3, -0.25) is 0 Å². The maximum Gasteiger partial charge on any atom is 0.398 e. The van der Waals surface area contributed by atoms with Crippen LogP contribution < -0.4 is 4.72 Å². The molecule has 2 N–H and O–H groups in total. The number of halogens is 3. The van der Waals surface area contributed by atoms with Gasteiger partial charge in [0.2, 0.25) is 10.0 Å². The number of hydrogen-bond acceptors (Lipinski definition) is 3. The van der Waals surface area contributed by atoms with Crippen LogP contribution in [0.3, 0.4) is 0 Å². The molecule has 0 saturated heterocycles. The van der Waals surface area contributed by atoms with Crippen molar-refractivity contribution in [3.63, 3.8) is 0 Å². The molecule has 0 saturated carbocycles. The molecule has 5 nitrogen and oxygen atoms in total. The number of nitrogens with one attached hydrogen (secondary N) is 1. The van der Waals surface area contributed by atoms with Crippen LogP contribution in [0, 0.1) is 12.3 Å². The fraction of sp³-hybridized carbons (Fsp3) is 0.261. The summed E-state index contributed by atoms with van der Waals surface area (Å²) >= 11 is 0. The Balaban J connectivity index is 1.75. The number of benzene rings is 2. The van der Waals surface area contributed by atoms with Crippen molar-refractivity contribution in [2.24, 2.45) is 5.41 Å². The molecule has 1 atom stereocenters. The number of rotatable bonds is 7. The number of carboxylic acids is 1. The molecule has 32 heavy (non-hydrogen) atoms. The van der Waals surface area contributed by atoms with E-state index in [-0.39, 0.29) is 16.9 Å². The highest BCUT2D eigenvalue weighted by molar-refractivity contribution is 7.89. The summed E-state index contributed by atoms with van der Waals surface area (Å²) in [6.07, 6.45) is -1.36. The van der Waals surface area contributed by atoms with Crippen molar-refractivity contribution >= 4 is 21.6 Å². The first-order chi connectivity index (χ1) is 15.0. The fourth-order valence-electron chi connectivity index (χ4n) is 3.55. The highest BCUT2D eigenvalue weighted by Gasteiger charge is 2.52. The number of carbonyl (C=O) groups is 1. The molecule has 9 heteroatoms. The zero-order valence-corrected chi connectivity index (χ0v) is 18.0. The van der Waals surface area contributed by atoms with Crippen LogP contribution in [0.1, 0.15) is 34.3 Å². The van der Waals surface area contributed by atoms with Crippen molar-refractivity contribution in [1.82, 2.24) is 4.72 Å². The van der Waals surface area contributed by atoms with E-state index in [2.05, 4.69) is 4.72 Å². The SMILES string of the molecule is Cc1ccc(S(=O)(=O)NCCC2(C(F)(F)F)C=CC(c3ccccc3)=CC2)cc1C(=O)O. The average molecular weight is 465 g/mol. The van der Waals surface area contributed by atoms with Gasteiger partial charge in [-0.2, -0.15) is 13.2 Å². The van der Waals surface area contributed by atoms with Crippen molar-refractivity contribution in [3.05, 3.63) is 83.4 Å². The quantitative estimate of drug-likeness (QED) is 0.606. The first-order valence-electron chi connectivity index (χ1n) is 9.80. The Morgan fingerprint density at radius 2 is 1.84 bits per heavy atom. The molecule has 0 aliphatic heterocycles. The predicted octanol–water partition coefficient (Wildman–Crippen LogP) is 4.95. The first-order valence-corrected chi connectivity index (χ1v) is 11.3. The van der Waals surface area contributed by atoms with Crippen LogP contribution in [0.5, 0.6) is 0 Å². The zero-order chi connectivity index (χ0) is 23.6. The normalized spacial score (nSPS) is 18.9. The molecule has 2 aromatic rings. The van der Waals surface area contributed by atoms with Gasteiger partial charge in [-0.05, 0) is 48.6 Å². The van der Waals surface area contributed by atoms with Gasteiger partial charge in [-0.15, -0.1) is 0 Å². The Morgan fingerprint density at radius 3 is 2.41 bits per heavy atom. The van der Waals surface area contributed by atoms with E-state index in [4.69, 9.17) is 0 Å². The Hall–Kier alpha value is -2.91. The molecular formula is C23H22F3NO4S.